The number of hydrogen-bond acceptors (Lipinski definition) is 4. The first-order valence-electron chi connectivity index (χ1n) is 7.09. The molecule has 1 aromatic carbocycles. The van der Waals surface area contributed by atoms with Gasteiger partial charge in [0.25, 0.3) is 0 Å². The van der Waals surface area contributed by atoms with Crippen LogP contribution in [0.25, 0.3) is 11.0 Å². The van der Waals surface area contributed by atoms with Gasteiger partial charge >= 0.3 is 0 Å². The molecule has 20 heavy (non-hydrogen) atoms. The van der Waals surface area contributed by atoms with Crippen LogP contribution in [0.3, 0.4) is 0 Å². The number of ether oxygens (including phenoxy) is 1. The molecular formula is C16H24N2O2. The molecule has 0 aliphatic heterocycles. The molecule has 4 nitrogen and oxygen atoms in total. The molecule has 0 saturated heterocycles. The number of para-hydroxylation sites is 1. The number of nitrogens with zero attached hydrogens (tertiary/aromatic N) is 1. The third kappa shape index (κ3) is 3.20. The van der Waals surface area contributed by atoms with Crippen LogP contribution >= 0.6 is 0 Å². The minimum absolute atomic E-state index is 0.434. The van der Waals surface area contributed by atoms with Crippen LogP contribution in [0.1, 0.15) is 25.2 Å². The van der Waals surface area contributed by atoms with Gasteiger partial charge in [-0.15, -0.1) is 0 Å². The van der Waals surface area contributed by atoms with E-state index < -0.39 is 0 Å². The van der Waals surface area contributed by atoms with E-state index in [1.54, 1.807) is 7.11 Å². The molecule has 0 aliphatic rings. The van der Waals surface area contributed by atoms with Crippen LogP contribution in [-0.4, -0.2) is 31.2 Å². The summed E-state index contributed by atoms with van der Waals surface area (Å²) in [5.41, 5.74) is 7.94. The van der Waals surface area contributed by atoms with Gasteiger partial charge < -0.3 is 14.9 Å². The molecule has 0 bridgehead atoms. The Balaban J connectivity index is 2.26. The van der Waals surface area contributed by atoms with Crippen molar-refractivity contribution in [3.63, 3.8) is 0 Å². The summed E-state index contributed by atoms with van der Waals surface area (Å²) in [6.07, 6.45) is 0. The molecule has 0 atom stereocenters. The Morgan fingerprint density at radius 1 is 1.30 bits per heavy atom. The molecule has 0 radical (unpaired) electrons. The summed E-state index contributed by atoms with van der Waals surface area (Å²) in [5.74, 6) is 0.971. The number of benzene rings is 1. The highest BCUT2D eigenvalue weighted by Crippen LogP contribution is 2.26. The van der Waals surface area contributed by atoms with Gasteiger partial charge in [-0.2, -0.15) is 0 Å². The van der Waals surface area contributed by atoms with Crippen molar-refractivity contribution in [1.29, 1.82) is 0 Å². The average molecular weight is 276 g/mol. The van der Waals surface area contributed by atoms with Crippen molar-refractivity contribution in [3.05, 3.63) is 35.6 Å². The predicted molar refractivity (Wildman–Crippen MR) is 81.5 cm³/mol. The highest BCUT2D eigenvalue weighted by Gasteiger charge is 2.17. The zero-order valence-electron chi connectivity index (χ0n) is 12.6. The lowest BCUT2D eigenvalue weighted by Crippen LogP contribution is -2.33. The van der Waals surface area contributed by atoms with Crippen LogP contribution in [-0.2, 0) is 17.8 Å². The van der Waals surface area contributed by atoms with E-state index in [0.29, 0.717) is 12.6 Å². The number of rotatable bonds is 7. The van der Waals surface area contributed by atoms with Crippen molar-refractivity contribution in [2.45, 2.75) is 33.0 Å². The maximum Gasteiger partial charge on any atom is 0.134 e. The summed E-state index contributed by atoms with van der Waals surface area (Å²) in [7, 11) is 1.73. The van der Waals surface area contributed by atoms with Crippen LogP contribution in [0.5, 0.6) is 0 Å². The first kappa shape index (κ1) is 15.0. The lowest BCUT2D eigenvalue weighted by atomic mass is 10.1. The summed E-state index contributed by atoms with van der Waals surface area (Å²) < 4.78 is 11.2. The fraction of sp³-hybridized carbons (Fsp3) is 0.500. The first-order chi connectivity index (χ1) is 9.67. The summed E-state index contributed by atoms with van der Waals surface area (Å²) >= 11 is 0. The van der Waals surface area contributed by atoms with Crippen molar-refractivity contribution in [1.82, 2.24) is 4.90 Å². The van der Waals surface area contributed by atoms with Crippen molar-refractivity contribution in [2.24, 2.45) is 5.73 Å². The fourth-order valence-electron chi connectivity index (χ4n) is 2.41. The van der Waals surface area contributed by atoms with Gasteiger partial charge in [-0.25, -0.2) is 0 Å². The van der Waals surface area contributed by atoms with Crippen molar-refractivity contribution in [2.75, 3.05) is 20.3 Å². The van der Waals surface area contributed by atoms with Crippen LogP contribution < -0.4 is 5.73 Å². The minimum Gasteiger partial charge on any atom is -0.459 e. The first-order valence-corrected chi connectivity index (χ1v) is 7.09. The summed E-state index contributed by atoms with van der Waals surface area (Å²) in [4.78, 5) is 2.33. The quantitative estimate of drug-likeness (QED) is 0.845. The molecule has 1 heterocycles. The van der Waals surface area contributed by atoms with Crippen molar-refractivity contribution < 1.29 is 9.15 Å². The molecule has 4 heteroatoms. The second kappa shape index (κ2) is 6.88. The number of furan rings is 1. The zero-order valence-corrected chi connectivity index (χ0v) is 12.6. The molecule has 0 aliphatic carbocycles. The van der Waals surface area contributed by atoms with Crippen LogP contribution in [0, 0.1) is 0 Å². The SMILES string of the molecule is COCCN(Cc1oc2ccccc2c1CN)C(C)C. The molecule has 0 amide bonds. The van der Waals surface area contributed by atoms with E-state index >= 15 is 0 Å². The summed E-state index contributed by atoms with van der Waals surface area (Å²) in [6.45, 7) is 7.23. The van der Waals surface area contributed by atoms with E-state index in [1.807, 2.05) is 18.2 Å². The van der Waals surface area contributed by atoms with Gasteiger partial charge in [-0.05, 0) is 19.9 Å². The molecular weight excluding hydrogens is 252 g/mol. The summed E-state index contributed by atoms with van der Waals surface area (Å²) in [5, 5.41) is 1.13. The van der Waals surface area contributed by atoms with E-state index in [1.165, 1.54) is 0 Å². The Bertz CT molecular complexity index is 548. The Morgan fingerprint density at radius 2 is 2.05 bits per heavy atom. The standard InChI is InChI=1S/C16H24N2O2/c1-12(2)18(8-9-19-3)11-16-14(10-17)13-6-4-5-7-15(13)20-16/h4-7,12H,8-11,17H2,1-3H3. The number of fused-ring (bicyclic) bond motifs is 1. The molecule has 0 fully saturated rings. The third-order valence-electron chi connectivity index (χ3n) is 3.65. The van der Waals surface area contributed by atoms with Gasteiger partial charge in [0.05, 0.1) is 13.2 Å². The average Bonchev–Trinajstić information content (AvgIpc) is 2.80. The van der Waals surface area contributed by atoms with E-state index in [9.17, 15) is 0 Å². The normalized spacial score (nSPS) is 11.9. The van der Waals surface area contributed by atoms with Gasteiger partial charge in [0.15, 0.2) is 0 Å². The molecule has 2 N–H and O–H groups in total. The molecule has 0 unspecified atom stereocenters. The molecule has 2 aromatic rings. The lowest BCUT2D eigenvalue weighted by Gasteiger charge is -2.25. The van der Waals surface area contributed by atoms with E-state index in [4.69, 9.17) is 14.9 Å². The lowest BCUT2D eigenvalue weighted by molar-refractivity contribution is 0.119. The molecule has 2 rings (SSSR count). The Kier molecular flexibility index (Phi) is 5.17. The molecule has 1 aromatic heterocycles. The zero-order chi connectivity index (χ0) is 14.5. The largest absolute Gasteiger partial charge is 0.459 e. The molecule has 0 saturated carbocycles. The van der Waals surface area contributed by atoms with Gasteiger partial charge in [-0.3, -0.25) is 4.90 Å². The fourth-order valence-corrected chi connectivity index (χ4v) is 2.41. The van der Waals surface area contributed by atoms with Crippen LogP contribution in [0.4, 0.5) is 0 Å². The topological polar surface area (TPSA) is 51.6 Å². The Hall–Kier alpha value is -1.36. The highest BCUT2D eigenvalue weighted by atomic mass is 16.5. The van der Waals surface area contributed by atoms with Crippen LogP contribution in [0.2, 0.25) is 0 Å². The van der Waals surface area contributed by atoms with Crippen molar-refractivity contribution >= 4 is 11.0 Å². The van der Waals surface area contributed by atoms with Gasteiger partial charge in [0, 0.05) is 37.2 Å². The smallest absolute Gasteiger partial charge is 0.134 e. The van der Waals surface area contributed by atoms with E-state index in [-0.39, 0.29) is 0 Å². The maximum atomic E-state index is 5.99. The molecule has 0 spiro atoms. The van der Waals surface area contributed by atoms with Crippen LogP contribution in [0.15, 0.2) is 28.7 Å². The predicted octanol–water partition coefficient (Wildman–Crippen LogP) is 2.75. The number of methoxy groups -OCH3 is 1. The van der Waals surface area contributed by atoms with E-state index in [0.717, 1.165) is 42.0 Å². The summed E-state index contributed by atoms with van der Waals surface area (Å²) in [6, 6.07) is 8.50. The number of nitrogens with two attached hydrogens (primary N) is 1. The third-order valence-corrected chi connectivity index (χ3v) is 3.65. The maximum absolute atomic E-state index is 5.99. The van der Waals surface area contributed by atoms with Gasteiger partial charge in [0.1, 0.15) is 11.3 Å². The highest BCUT2D eigenvalue weighted by molar-refractivity contribution is 5.82. The number of hydrogen-bond donors (Lipinski definition) is 1. The minimum atomic E-state index is 0.434. The Labute approximate surface area is 120 Å². The van der Waals surface area contributed by atoms with Gasteiger partial charge in [-0.1, -0.05) is 18.2 Å². The van der Waals surface area contributed by atoms with Crippen molar-refractivity contribution in [3.8, 4) is 0 Å². The second-order valence-electron chi connectivity index (χ2n) is 5.26. The van der Waals surface area contributed by atoms with E-state index in [2.05, 4.69) is 24.8 Å². The molecule has 110 valence electrons. The monoisotopic (exact) mass is 276 g/mol. The van der Waals surface area contributed by atoms with Gasteiger partial charge in [0.2, 0.25) is 0 Å². The Morgan fingerprint density at radius 3 is 2.70 bits per heavy atom. The second-order valence-corrected chi connectivity index (χ2v) is 5.26.